The number of nitrogens with one attached hydrogen (secondary N) is 1. The molecule has 0 spiro atoms. The van der Waals surface area contributed by atoms with E-state index in [4.69, 9.17) is 4.74 Å². The molecule has 1 N–H and O–H groups in total. The second kappa shape index (κ2) is 7.09. The van der Waals surface area contributed by atoms with Crippen molar-refractivity contribution in [3.8, 4) is 5.75 Å². The Morgan fingerprint density at radius 2 is 2.20 bits per heavy atom. The van der Waals surface area contributed by atoms with Crippen LogP contribution in [0.25, 0.3) is 0 Å². The number of ether oxygens (including phenoxy) is 1. The van der Waals surface area contributed by atoms with Crippen LogP contribution in [0.3, 0.4) is 0 Å². The minimum absolute atomic E-state index is 0.561. The van der Waals surface area contributed by atoms with Gasteiger partial charge in [0.15, 0.2) is 0 Å². The van der Waals surface area contributed by atoms with Gasteiger partial charge in [0.25, 0.3) is 0 Å². The van der Waals surface area contributed by atoms with Gasteiger partial charge in [-0.2, -0.15) is 0 Å². The summed E-state index contributed by atoms with van der Waals surface area (Å²) in [5.74, 6) is 1.01. The van der Waals surface area contributed by atoms with Gasteiger partial charge < -0.3 is 10.1 Å². The highest BCUT2D eigenvalue weighted by Crippen LogP contribution is 2.25. The summed E-state index contributed by atoms with van der Waals surface area (Å²) < 4.78 is 5.50. The number of benzene rings is 1. The van der Waals surface area contributed by atoms with Crippen LogP contribution in [-0.2, 0) is 6.54 Å². The molecule has 0 bridgehead atoms. The van der Waals surface area contributed by atoms with Gasteiger partial charge in [-0.05, 0) is 32.4 Å². The van der Waals surface area contributed by atoms with E-state index in [-0.39, 0.29) is 0 Å². The van der Waals surface area contributed by atoms with E-state index in [2.05, 4.69) is 49.2 Å². The van der Waals surface area contributed by atoms with Crippen molar-refractivity contribution in [3.05, 3.63) is 29.3 Å². The maximum atomic E-state index is 5.50. The summed E-state index contributed by atoms with van der Waals surface area (Å²) >= 11 is 0. The molecule has 0 amide bonds. The lowest BCUT2D eigenvalue weighted by Crippen LogP contribution is -2.39. The molecular formula is C17H28N2O. The van der Waals surface area contributed by atoms with Crippen molar-refractivity contribution in [3.63, 3.8) is 0 Å². The van der Waals surface area contributed by atoms with Crippen molar-refractivity contribution >= 4 is 0 Å². The van der Waals surface area contributed by atoms with Crippen LogP contribution in [0.2, 0.25) is 0 Å². The van der Waals surface area contributed by atoms with Crippen molar-refractivity contribution in [1.82, 2.24) is 10.2 Å². The van der Waals surface area contributed by atoms with Crippen molar-refractivity contribution < 1.29 is 4.74 Å². The van der Waals surface area contributed by atoms with Gasteiger partial charge >= 0.3 is 0 Å². The Kier molecular flexibility index (Phi) is 5.44. The lowest BCUT2D eigenvalue weighted by molar-refractivity contribution is 0.232. The highest BCUT2D eigenvalue weighted by molar-refractivity contribution is 5.36. The summed E-state index contributed by atoms with van der Waals surface area (Å²) in [6.07, 6.45) is 2.60. The van der Waals surface area contributed by atoms with Crippen LogP contribution in [0.5, 0.6) is 5.75 Å². The summed E-state index contributed by atoms with van der Waals surface area (Å²) in [6, 6.07) is 7.67. The normalized spacial score (nSPS) is 19.8. The summed E-state index contributed by atoms with van der Waals surface area (Å²) in [6.45, 7) is 9.85. The molecule has 2 rings (SSSR count). The molecule has 0 aromatic heterocycles. The van der Waals surface area contributed by atoms with Gasteiger partial charge in [-0.1, -0.05) is 31.5 Å². The Bertz CT molecular complexity index is 431. The number of aryl methyl sites for hydroxylation is 1. The van der Waals surface area contributed by atoms with E-state index in [1.165, 1.54) is 30.5 Å². The third-order valence-corrected chi connectivity index (χ3v) is 4.07. The SMILES string of the molecule is COc1ccc(C)cc1CN1CCCC1CNC(C)C. The largest absolute Gasteiger partial charge is 0.496 e. The zero-order valence-electron chi connectivity index (χ0n) is 13.3. The zero-order valence-corrected chi connectivity index (χ0v) is 13.3. The van der Waals surface area contributed by atoms with Crippen molar-refractivity contribution in [2.24, 2.45) is 0 Å². The van der Waals surface area contributed by atoms with Crippen LogP contribution in [0.15, 0.2) is 18.2 Å². The fraction of sp³-hybridized carbons (Fsp3) is 0.647. The van der Waals surface area contributed by atoms with Gasteiger partial charge in [-0.3, -0.25) is 4.90 Å². The highest BCUT2D eigenvalue weighted by Gasteiger charge is 2.25. The average Bonchev–Trinajstić information content (AvgIpc) is 2.84. The van der Waals surface area contributed by atoms with Crippen molar-refractivity contribution in [2.45, 2.75) is 52.2 Å². The molecule has 0 saturated carbocycles. The molecule has 1 fully saturated rings. The van der Waals surface area contributed by atoms with E-state index in [0.29, 0.717) is 12.1 Å². The first kappa shape index (κ1) is 15.3. The number of hydrogen-bond donors (Lipinski definition) is 1. The molecule has 1 aromatic rings. The molecule has 0 radical (unpaired) electrons. The van der Waals surface area contributed by atoms with Gasteiger partial charge in [0.2, 0.25) is 0 Å². The Balaban J connectivity index is 2.02. The molecule has 1 unspecified atom stereocenters. The monoisotopic (exact) mass is 276 g/mol. The van der Waals surface area contributed by atoms with E-state index >= 15 is 0 Å². The summed E-state index contributed by atoms with van der Waals surface area (Å²) in [7, 11) is 1.76. The molecule has 1 aliphatic heterocycles. The molecule has 3 nitrogen and oxygen atoms in total. The molecule has 1 saturated heterocycles. The molecular weight excluding hydrogens is 248 g/mol. The maximum absolute atomic E-state index is 5.50. The Labute approximate surface area is 123 Å². The fourth-order valence-electron chi connectivity index (χ4n) is 2.96. The van der Waals surface area contributed by atoms with E-state index in [1.807, 2.05) is 0 Å². The van der Waals surface area contributed by atoms with Gasteiger partial charge in [-0.25, -0.2) is 0 Å². The number of methoxy groups -OCH3 is 1. The summed E-state index contributed by atoms with van der Waals surface area (Å²) in [4.78, 5) is 2.59. The lowest BCUT2D eigenvalue weighted by Gasteiger charge is -2.26. The molecule has 0 aliphatic carbocycles. The molecule has 1 atom stereocenters. The van der Waals surface area contributed by atoms with Gasteiger partial charge in [0.05, 0.1) is 7.11 Å². The van der Waals surface area contributed by atoms with Crippen molar-refractivity contribution in [2.75, 3.05) is 20.2 Å². The van der Waals surface area contributed by atoms with Crippen LogP contribution >= 0.6 is 0 Å². The zero-order chi connectivity index (χ0) is 14.5. The molecule has 1 heterocycles. The molecule has 112 valence electrons. The lowest BCUT2D eigenvalue weighted by atomic mass is 10.1. The van der Waals surface area contributed by atoms with Crippen LogP contribution in [0.1, 0.15) is 37.8 Å². The van der Waals surface area contributed by atoms with Crippen molar-refractivity contribution in [1.29, 1.82) is 0 Å². The molecule has 20 heavy (non-hydrogen) atoms. The number of rotatable bonds is 6. The minimum atomic E-state index is 0.561. The standard InChI is InChI=1S/C17H28N2O/c1-13(2)18-11-16-6-5-9-19(16)12-15-10-14(3)7-8-17(15)20-4/h7-8,10,13,16,18H,5-6,9,11-12H2,1-4H3. The maximum Gasteiger partial charge on any atom is 0.123 e. The van der Waals surface area contributed by atoms with Gasteiger partial charge in [-0.15, -0.1) is 0 Å². The Hall–Kier alpha value is -1.06. The van der Waals surface area contributed by atoms with Crippen LogP contribution in [0.4, 0.5) is 0 Å². The third kappa shape index (κ3) is 3.97. The first-order valence-electron chi connectivity index (χ1n) is 7.71. The van der Waals surface area contributed by atoms with Gasteiger partial charge in [0, 0.05) is 30.7 Å². The summed E-state index contributed by atoms with van der Waals surface area (Å²) in [5, 5.41) is 3.57. The van der Waals surface area contributed by atoms with Crippen LogP contribution < -0.4 is 10.1 Å². The average molecular weight is 276 g/mol. The fourth-order valence-corrected chi connectivity index (χ4v) is 2.96. The topological polar surface area (TPSA) is 24.5 Å². The molecule has 3 heteroatoms. The predicted molar refractivity (Wildman–Crippen MR) is 84.3 cm³/mol. The van der Waals surface area contributed by atoms with E-state index in [0.717, 1.165) is 18.8 Å². The second-order valence-electron chi connectivity index (χ2n) is 6.14. The van der Waals surface area contributed by atoms with E-state index in [1.54, 1.807) is 7.11 Å². The molecule has 1 aromatic carbocycles. The summed E-state index contributed by atoms with van der Waals surface area (Å²) in [5.41, 5.74) is 2.61. The van der Waals surface area contributed by atoms with E-state index < -0.39 is 0 Å². The van der Waals surface area contributed by atoms with Gasteiger partial charge in [0.1, 0.15) is 5.75 Å². The predicted octanol–water partition coefficient (Wildman–Crippen LogP) is 2.97. The number of likely N-dealkylation sites (tertiary alicyclic amines) is 1. The Morgan fingerprint density at radius 3 is 2.90 bits per heavy atom. The minimum Gasteiger partial charge on any atom is -0.496 e. The Morgan fingerprint density at radius 1 is 1.40 bits per heavy atom. The van der Waals surface area contributed by atoms with Crippen LogP contribution in [-0.4, -0.2) is 37.2 Å². The highest BCUT2D eigenvalue weighted by atomic mass is 16.5. The van der Waals surface area contributed by atoms with E-state index in [9.17, 15) is 0 Å². The number of hydrogen-bond acceptors (Lipinski definition) is 3. The first-order valence-corrected chi connectivity index (χ1v) is 7.71. The van der Waals surface area contributed by atoms with Crippen LogP contribution in [0, 0.1) is 6.92 Å². The quantitative estimate of drug-likeness (QED) is 0.864. The molecule has 1 aliphatic rings. The second-order valence-corrected chi connectivity index (χ2v) is 6.14. The smallest absolute Gasteiger partial charge is 0.123 e. The third-order valence-electron chi connectivity index (χ3n) is 4.07. The first-order chi connectivity index (χ1) is 9.60. The number of nitrogens with zero attached hydrogens (tertiary/aromatic N) is 1.